The van der Waals surface area contributed by atoms with E-state index in [0.717, 1.165) is 11.1 Å². The summed E-state index contributed by atoms with van der Waals surface area (Å²) in [7, 11) is 0. The summed E-state index contributed by atoms with van der Waals surface area (Å²) in [6.07, 6.45) is -2.30. The number of aliphatic hydroxyl groups excluding tert-OH is 1. The van der Waals surface area contributed by atoms with Crippen LogP contribution in [0.5, 0.6) is 5.75 Å². The molecule has 2 amide bonds. The zero-order chi connectivity index (χ0) is 26.5. The summed E-state index contributed by atoms with van der Waals surface area (Å²) < 4.78 is 10.8. The maximum atomic E-state index is 12.3. The molecule has 0 radical (unpaired) electrons. The lowest BCUT2D eigenvalue weighted by molar-refractivity contribution is -0.142. The Kier molecular flexibility index (Phi) is 10.5. The number of carboxylic acids is 1. The minimum absolute atomic E-state index is 0.0315. The molecule has 0 aromatic heterocycles. The Morgan fingerprint density at radius 1 is 0.811 bits per heavy atom. The van der Waals surface area contributed by atoms with Crippen LogP contribution in [0.2, 0.25) is 0 Å². The van der Waals surface area contributed by atoms with Crippen LogP contribution in [0, 0.1) is 0 Å². The van der Waals surface area contributed by atoms with E-state index in [2.05, 4.69) is 10.6 Å². The van der Waals surface area contributed by atoms with Crippen molar-refractivity contribution >= 4 is 18.0 Å². The van der Waals surface area contributed by atoms with Crippen molar-refractivity contribution in [2.75, 3.05) is 6.54 Å². The lowest BCUT2D eigenvalue weighted by atomic mass is 10.1. The number of carbonyl (C=O) groups excluding carboxylic acids is 2. The molecule has 4 N–H and O–H groups in total. The summed E-state index contributed by atoms with van der Waals surface area (Å²) in [4.78, 5) is 35.9. The summed E-state index contributed by atoms with van der Waals surface area (Å²) in [6.45, 7) is 0.219. The van der Waals surface area contributed by atoms with Gasteiger partial charge in [-0.3, -0.25) is 4.79 Å². The molecular weight excluding hydrogens is 476 g/mol. The average Bonchev–Trinajstić information content (AvgIpc) is 2.90. The Morgan fingerprint density at radius 2 is 1.43 bits per heavy atom. The molecule has 3 aromatic rings. The summed E-state index contributed by atoms with van der Waals surface area (Å²) in [6, 6.07) is 24.5. The van der Waals surface area contributed by atoms with Crippen LogP contribution in [0.1, 0.15) is 23.1 Å². The molecule has 2 atom stereocenters. The van der Waals surface area contributed by atoms with Gasteiger partial charge in [-0.2, -0.15) is 0 Å². The van der Waals surface area contributed by atoms with Gasteiger partial charge in [-0.05, 0) is 28.8 Å². The molecule has 0 bridgehead atoms. The lowest BCUT2D eigenvalue weighted by Crippen LogP contribution is -2.44. The Labute approximate surface area is 215 Å². The molecule has 9 nitrogen and oxygen atoms in total. The number of aliphatic carboxylic acids is 1. The van der Waals surface area contributed by atoms with E-state index in [9.17, 15) is 24.6 Å². The van der Waals surface area contributed by atoms with Gasteiger partial charge in [0.25, 0.3) is 0 Å². The first kappa shape index (κ1) is 27.2. The number of nitrogens with one attached hydrogen (secondary N) is 2. The van der Waals surface area contributed by atoms with Crippen LogP contribution in [0.15, 0.2) is 84.9 Å². The summed E-state index contributed by atoms with van der Waals surface area (Å²) in [5.41, 5.74) is 2.48. The highest BCUT2D eigenvalue weighted by Gasteiger charge is 2.22. The Morgan fingerprint density at radius 3 is 2.08 bits per heavy atom. The number of benzene rings is 3. The minimum atomic E-state index is -1.21. The predicted octanol–water partition coefficient (Wildman–Crippen LogP) is 3.05. The van der Waals surface area contributed by atoms with E-state index >= 15 is 0 Å². The van der Waals surface area contributed by atoms with Crippen molar-refractivity contribution in [3.05, 3.63) is 102 Å². The van der Waals surface area contributed by atoms with Crippen molar-refractivity contribution in [1.29, 1.82) is 0 Å². The quantitative estimate of drug-likeness (QED) is 0.280. The van der Waals surface area contributed by atoms with E-state index in [1.165, 1.54) is 0 Å². The van der Waals surface area contributed by atoms with E-state index in [-0.39, 0.29) is 26.0 Å². The second-order valence-electron chi connectivity index (χ2n) is 8.38. The Balaban J connectivity index is 1.43. The highest BCUT2D eigenvalue weighted by Crippen LogP contribution is 2.17. The molecule has 0 saturated carbocycles. The molecule has 3 rings (SSSR count). The topological polar surface area (TPSA) is 134 Å². The molecule has 0 aliphatic carbocycles. The number of hydrogen-bond acceptors (Lipinski definition) is 6. The van der Waals surface area contributed by atoms with Gasteiger partial charge in [0.05, 0.1) is 12.5 Å². The standard InChI is InChI=1S/C28H30N2O7/c31-23(17-29-28(35)37-19-21-10-5-2-6-11-21)16-26(32)30-25(27(33)34)15-22-12-7-13-24(14-22)36-18-20-8-3-1-4-9-20/h1-14,23,25,31H,15-19H2,(H,29,35)(H,30,32)(H,33,34)/t23-,25-/m0/s1. The highest BCUT2D eigenvalue weighted by atomic mass is 16.5. The van der Waals surface area contributed by atoms with Gasteiger partial charge in [0.2, 0.25) is 5.91 Å². The molecule has 0 spiro atoms. The van der Waals surface area contributed by atoms with Gasteiger partial charge in [-0.15, -0.1) is 0 Å². The molecular formula is C28H30N2O7. The molecule has 9 heteroatoms. The van der Waals surface area contributed by atoms with Gasteiger partial charge in [-0.1, -0.05) is 72.8 Å². The molecule has 0 saturated heterocycles. The first-order chi connectivity index (χ1) is 17.9. The van der Waals surface area contributed by atoms with Gasteiger partial charge in [0, 0.05) is 13.0 Å². The van der Waals surface area contributed by atoms with E-state index in [1.54, 1.807) is 36.4 Å². The monoisotopic (exact) mass is 506 g/mol. The maximum Gasteiger partial charge on any atom is 0.407 e. The average molecular weight is 507 g/mol. The molecule has 0 unspecified atom stereocenters. The number of alkyl carbamates (subject to hydrolysis) is 1. The molecule has 37 heavy (non-hydrogen) atoms. The fourth-order valence-corrected chi connectivity index (χ4v) is 3.45. The fraction of sp³-hybridized carbons (Fsp3) is 0.250. The SMILES string of the molecule is O=C(C[C@H](O)CNC(=O)OCc1ccccc1)N[C@@H](Cc1cccc(OCc2ccccc2)c1)C(=O)O. The summed E-state index contributed by atoms with van der Waals surface area (Å²) in [5, 5.41) is 24.5. The fourth-order valence-electron chi connectivity index (χ4n) is 3.45. The summed E-state index contributed by atoms with van der Waals surface area (Å²) >= 11 is 0. The number of hydrogen-bond donors (Lipinski definition) is 4. The predicted molar refractivity (Wildman–Crippen MR) is 136 cm³/mol. The van der Waals surface area contributed by atoms with Crippen LogP contribution in [-0.4, -0.2) is 46.9 Å². The van der Waals surface area contributed by atoms with Gasteiger partial charge >= 0.3 is 12.1 Å². The molecule has 194 valence electrons. The Hall–Kier alpha value is -4.37. The van der Waals surface area contributed by atoms with E-state index in [0.29, 0.717) is 17.9 Å². The zero-order valence-corrected chi connectivity index (χ0v) is 20.2. The number of amides is 2. The number of rotatable bonds is 13. The third kappa shape index (κ3) is 10.0. The van der Waals surface area contributed by atoms with Crippen LogP contribution in [-0.2, 0) is 34.0 Å². The lowest BCUT2D eigenvalue weighted by Gasteiger charge is -2.17. The number of aliphatic hydroxyl groups is 1. The largest absolute Gasteiger partial charge is 0.489 e. The van der Waals surface area contributed by atoms with Crippen LogP contribution >= 0.6 is 0 Å². The van der Waals surface area contributed by atoms with Crippen molar-refractivity contribution in [3.63, 3.8) is 0 Å². The number of ether oxygens (including phenoxy) is 2. The third-order valence-corrected chi connectivity index (χ3v) is 5.34. The second-order valence-corrected chi connectivity index (χ2v) is 8.38. The maximum absolute atomic E-state index is 12.3. The first-order valence-corrected chi connectivity index (χ1v) is 11.8. The summed E-state index contributed by atoms with van der Waals surface area (Å²) in [5.74, 6) is -1.28. The highest BCUT2D eigenvalue weighted by molar-refractivity contribution is 5.84. The third-order valence-electron chi connectivity index (χ3n) is 5.34. The zero-order valence-electron chi connectivity index (χ0n) is 20.2. The van der Waals surface area contributed by atoms with E-state index < -0.39 is 30.1 Å². The van der Waals surface area contributed by atoms with Crippen LogP contribution in [0.4, 0.5) is 4.79 Å². The smallest absolute Gasteiger partial charge is 0.407 e. The second kappa shape index (κ2) is 14.3. The van der Waals surface area contributed by atoms with Crippen molar-refractivity contribution < 1.29 is 34.1 Å². The normalized spacial score (nSPS) is 12.1. The number of carbonyl (C=O) groups is 3. The van der Waals surface area contributed by atoms with Gasteiger partial charge < -0.3 is 30.3 Å². The van der Waals surface area contributed by atoms with Gasteiger partial charge in [0.1, 0.15) is 25.0 Å². The molecule has 0 aliphatic heterocycles. The molecule has 0 aliphatic rings. The van der Waals surface area contributed by atoms with Gasteiger partial charge in [-0.25, -0.2) is 9.59 Å². The first-order valence-electron chi connectivity index (χ1n) is 11.8. The number of carboxylic acid groups (broad SMARTS) is 1. The van der Waals surface area contributed by atoms with E-state index in [1.807, 2.05) is 48.5 Å². The van der Waals surface area contributed by atoms with Crippen molar-refractivity contribution in [1.82, 2.24) is 10.6 Å². The van der Waals surface area contributed by atoms with Crippen molar-refractivity contribution in [3.8, 4) is 5.75 Å². The van der Waals surface area contributed by atoms with Crippen LogP contribution < -0.4 is 15.4 Å². The van der Waals surface area contributed by atoms with Crippen molar-refractivity contribution in [2.24, 2.45) is 0 Å². The van der Waals surface area contributed by atoms with E-state index in [4.69, 9.17) is 9.47 Å². The van der Waals surface area contributed by atoms with Gasteiger partial charge in [0.15, 0.2) is 0 Å². The van der Waals surface area contributed by atoms with Crippen molar-refractivity contribution in [2.45, 2.75) is 38.2 Å². The van der Waals surface area contributed by atoms with Crippen LogP contribution in [0.3, 0.4) is 0 Å². The molecule has 3 aromatic carbocycles. The molecule has 0 fully saturated rings. The minimum Gasteiger partial charge on any atom is -0.489 e. The van der Waals surface area contributed by atoms with Crippen LogP contribution in [0.25, 0.3) is 0 Å². The molecule has 0 heterocycles. The Bertz CT molecular complexity index is 1160.